The van der Waals surface area contributed by atoms with Gasteiger partial charge in [-0.3, -0.25) is 9.59 Å². The van der Waals surface area contributed by atoms with E-state index < -0.39 is 0 Å². The van der Waals surface area contributed by atoms with Gasteiger partial charge in [0.05, 0.1) is 17.0 Å². The number of hydrogen-bond donors (Lipinski definition) is 0. The highest BCUT2D eigenvalue weighted by Gasteiger charge is 2.26. The van der Waals surface area contributed by atoms with Crippen molar-refractivity contribution in [3.05, 3.63) is 58.3 Å². The van der Waals surface area contributed by atoms with Crippen LogP contribution in [0.5, 0.6) is 5.75 Å². The van der Waals surface area contributed by atoms with Crippen LogP contribution in [0.1, 0.15) is 11.5 Å². The second-order valence-electron chi connectivity index (χ2n) is 7.18. The molecule has 0 N–H and O–H groups in total. The summed E-state index contributed by atoms with van der Waals surface area (Å²) in [4.78, 5) is 34.1. The van der Waals surface area contributed by atoms with Crippen molar-refractivity contribution < 1.29 is 18.7 Å². The maximum atomic E-state index is 12.7. The minimum Gasteiger partial charge on any atom is -0.484 e. The zero-order valence-electron chi connectivity index (χ0n) is 17.0. The monoisotopic (exact) mass is 459 g/mol. The average molecular weight is 460 g/mol. The van der Waals surface area contributed by atoms with Gasteiger partial charge in [0.1, 0.15) is 11.5 Å². The van der Waals surface area contributed by atoms with Crippen LogP contribution in [0.2, 0.25) is 5.02 Å². The van der Waals surface area contributed by atoms with E-state index in [1.54, 1.807) is 45.4 Å². The molecule has 3 heterocycles. The molecule has 0 unspecified atom stereocenters. The maximum absolute atomic E-state index is 12.7. The summed E-state index contributed by atoms with van der Waals surface area (Å²) in [7, 11) is 0. The Morgan fingerprint density at radius 1 is 1.10 bits per heavy atom. The number of aryl methyl sites for hydroxylation is 1. The van der Waals surface area contributed by atoms with Crippen LogP contribution in [0.25, 0.3) is 10.8 Å². The Bertz CT molecular complexity index is 1040. The van der Waals surface area contributed by atoms with Gasteiger partial charge in [0.2, 0.25) is 11.8 Å². The van der Waals surface area contributed by atoms with Crippen LogP contribution in [-0.2, 0) is 16.0 Å². The van der Waals surface area contributed by atoms with Crippen molar-refractivity contribution in [2.24, 2.45) is 0 Å². The van der Waals surface area contributed by atoms with Gasteiger partial charge in [0.25, 0.3) is 5.91 Å². The first kappa shape index (κ1) is 21.4. The predicted molar refractivity (Wildman–Crippen MR) is 118 cm³/mol. The summed E-state index contributed by atoms with van der Waals surface area (Å²) >= 11 is 7.39. The molecule has 7 nitrogen and oxygen atoms in total. The lowest BCUT2D eigenvalue weighted by atomic mass is 10.2. The van der Waals surface area contributed by atoms with E-state index in [9.17, 15) is 9.59 Å². The largest absolute Gasteiger partial charge is 0.484 e. The smallest absolute Gasteiger partial charge is 0.260 e. The highest BCUT2D eigenvalue weighted by Crippen LogP contribution is 2.26. The van der Waals surface area contributed by atoms with Crippen molar-refractivity contribution in [3.8, 4) is 16.5 Å². The maximum Gasteiger partial charge on any atom is 0.260 e. The highest BCUT2D eigenvalue weighted by atomic mass is 35.5. The molecule has 1 aliphatic heterocycles. The Morgan fingerprint density at radius 3 is 2.42 bits per heavy atom. The van der Waals surface area contributed by atoms with Crippen LogP contribution in [-0.4, -0.2) is 59.4 Å². The molecule has 9 heteroatoms. The Morgan fingerprint density at radius 2 is 1.77 bits per heavy atom. The summed E-state index contributed by atoms with van der Waals surface area (Å²) in [5, 5.41) is 2.57. The van der Waals surface area contributed by atoms with Crippen LogP contribution >= 0.6 is 22.9 Å². The Balaban J connectivity index is 1.26. The van der Waals surface area contributed by atoms with E-state index in [1.807, 2.05) is 24.4 Å². The lowest BCUT2D eigenvalue weighted by Crippen LogP contribution is -2.52. The van der Waals surface area contributed by atoms with Gasteiger partial charge in [0.15, 0.2) is 6.61 Å². The number of carbonyl (C=O) groups is 2. The molecule has 1 fully saturated rings. The summed E-state index contributed by atoms with van der Waals surface area (Å²) in [6.45, 7) is 3.71. The fourth-order valence-corrected chi connectivity index (χ4v) is 4.10. The molecule has 3 aromatic rings. The summed E-state index contributed by atoms with van der Waals surface area (Å²) in [6.07, 6.45) is 0.189. The molecular weight excluding hydrogens is 438 g/mol. The molecule has 0 bridgehead atoms. The normalized spacial score (nSPS) is 14.0. The molecule has 0 saturated carbocycles. The number of rotatable bonds is 6. The topological polar surface area (TPSA) is 75.9 Å². The zero-order chi connectivity index (χ0) is 21.8. The van der Waals surface area contributed by atoms with Crippen LogP contribution in [0.15, 0.2) is 46.2 Å². The van der Waals surface area contributed by atoms with Gasteiger partial charge in [-0.1, -0.05) is 17.7 Å². The highest BCUT2D eigenvalue weighted by molar-refractivity contribution is 7.13. The molecule has 0 aliphatic carbocycles. The molecule has 1 saturated heterocycles. The van der Waals surface area contributed by atoms with Crippen LogP contribution in [0.4, 0.5) is 0 Å². The van der Waals surface area contributed by atoms with Crippen LogP contribution in [0, 0.1) is 6.92 Å². The Hall–Kier alpha value is -2.84. The van der Waals surface area contributed by atoms with Crippen LogP contribution in [0.3, 0.4) is 0 Å². The molecule has 0 atom stereocenters. The van der Waals surface area contributed by atoms with Gasteiger partial charge in [-0.2, -0.15) is 0 Å². The molecular formula is C22H22ClN3O4S. The van der Waals surface area contributed by atoms with E-state index in [2.05, 4.69) is 4.98 Å². The number of thiophene rings is 1. The van der Waals surface area contributed by atoms with Crippen molar-refractivity contribution in [2.75, 3.05) is 32.8 Å². The Labute approximate surface area is 189 Å². The molecule has 162 valence electrons. The van der Waals surface area contributed by atoms with Gasteiger partial charge in [-0.15, -0.1) is 11.3 Å². The standard InChI is InChI=1S/C22H22ClN3O4S/c1-15-18(24-22(30-15)19-3-2-12-31-19)13-20(27)25-8-10-26(11-9-25)21(28)14-29-17-6-4-16(23)5-7-17/h2-7,12H,8-11,13-14H2,1H3. The number of aromatic nitrogens is 1. The third-order valence-electron chi connectivity index (χ3n) is 5.10. The van der Waals surface area contributed by atoms with Gasteiger partial charge in [0, 0.05) is 31.2 Å². The van der Waals surface area contributed by atoms with Crippen LogP contribution < -0.4 is 4.74 Å². The van der Waals surface area contributed by atoms with Gasteiger partial charge in [-0.25, -0.2) is 4.98 Å². The second kappa shape index (κ2) is 9.53. The molecule has 2 aromatic heterocycles. The summed E-state index contributed by atoms with van der Waals surface area (Å²) < 4.78 is 11.2. The molecule has 0 radical (unpaired) electrons. The summed E-state index contributed by atoms with van der Waals surface area (Å²) in [5.41, 5.74) is 0.656. The number of nitrogens with zero attached hydrogens (tertiary/aromatic N) is 3. The fourth-order valence-electron chi connectivity index (χ4n) is 3.33. The minimum absolute atomic E-state index is 0.0151. The number of piperazine rings is 1. The minimum atomic E-state index is -0.102. The average Bonchev–Trinajstić information content (AvgIpc) is 3.43. The van der Waals surface area contributed by atoms with E-state index in [4.69, 9.17) is 20.8 Å². The van der Waals surface area contributed by atoms with Gasteiger partial charge >= 0.3 is 0 Å². The van der Waals surface area contributed by atoms with Crippen molar-refractivity contribution in [2.45, 2.75) is 13.3 Å². The first-order chi connectivity index (χ1) is 15.0. The Kier molecular flexibility index (Phi) is 6.58. The molecule has 1 aliphatic rings. The number of benzene rings is 1. The third kappa shape index (κ3) is 5.26. The zero-order valence-corrected chi connectivity index (χ0v) is 18.6. The van der Waals surface area contributed by atoms with Gasteiger partial charge in [-0.05, 0) is 42.6 Å². The van der Waals surface area contributed by atoms with Crippen molar-refractivity contribution in [1.82, 2.24) is 14.8 Å². The van der Waals surface area contributed by atoms with E-state index in [0.29, 0.717) is 54.3 Å². The lowest BCUT2D eigenvalue weighted by Gasteiger charge is -2.34. The first-order valence-corrected chi connectivity index (χ1v) is 11.2. The summed E-state index contributed by atoms with van der Waals surface area (Å²) in [6, 6.07) is 10.8. The third-order valence-corrected chi connectivity index (χ3v) is 6.21. The van der Waals surface area contributed by atoms with E-state index in [-0.39, 0.29) is 24.8 Å². The van der Waals surface area contributed by atoms with E-state index in [0.717, 1.165) is 4.88 Å². The lowest BCUT2D eigenvalue weighted by molar-refractivity contribution is -0.140. The fraction of sp³-hybridized carbons (Fsp3) is 0.318. The molecule has 1 aromatic carbocycles. The molecule has 4 rings (SSSR count). The predicted octanol–water partition coefficient (Wildman–Crippen LogP) is 3.66. The van der Waals surface area contributed by atoms with E-state index in [1.165, 1.54) is 0 Å². The number of amides is 2. The number of ether oxygens (including phenoxy) is 1. The number of carbonyl (C=O) groups excluding carboxylic acids is 2. The molecule has 2 amide bonds. The van der Waals surface area contributed by atoms with E-state index >= 15 is 0 Å². The van der Waals surface area contributed by atoms with Crippen molar-refractivity contribution >= 4 is 34.8 Å². The van der Waals surface area contributed by atoms with Crippen molar-refractivity contribution in [1.29, 1.82) is 0 Å². The SMILES string of the molecule is Cc1oc(-c2cccs2)nc1CC(=O)N1CCN(C(=O)COc2ccc(Cl)cc2)CC1. The number of hydrogen-bond acceptors (Lipinski definition) is 6. The van der Waals surface area contributed by atoms with Gasteiger partial charge < -0.3 is 19.0 Å². The quantitative estimate of drug-likeness (QED) is 0.562. The summed E-state index contributed by atoms with van der Waals surface area (Å²) in [5.74, 6) is 1.68. The first-order valence-electron chi connectivity index (χ1n) is 9.93. The second-order valence-corrected chi connectivity index (χ2v) is 8.56. The van der Waals surface area contributed by atoms with Crippen molar-refractivity contribution in [3.63, 3.8) is 0 Å². The molecule has 0 spiro atoms. The molecule has 31 heavy (non-hydrogen) atoms. The number of oxazole rings is 1. The number of halogens is 1.